The molecule has 9 aromatic heterocycles. The summed E-state index contributed by atoms with van der Waals surface area (Å²) in [7, 11) is 0. The van der Waals surface area contributed by atoms with Gasteiger partial charge >= 0.3 is 0 Å². The van der Waals surface area contributed by atoms with Crippen LogP contribution in [-0.2, 0) is 0 Å². The first kappa shape index (κ1) is 84.0. The van der Waals surface area contributed by atoms with E-state index in [1.54, 1.807) is 0 Å². The average Bonchev–Trinajstić information content (AvgIpc) is 1.57. The van der Waals surface area contributed by atoms with Gasteiger partial charge < -0.3 is 27.4 Å². The normalized spacial score (nSPS) is 11.6. The fourth-order valence-electron chi connectivity index (χ4n) is 22.2. The third-order valence-electron chi connectivity index (χ3n) is 28.7. The minimum absolute atomic E-state index is 1.00. The van der Waals surface area contributed by atoms with Gasteiger partial charge in [0.05, 0.1) is 82.8 Å². The summed E-state index contributed by atoms with van der Waals surface area (Å²) in [5, 5.41) is 10.9. The minimum atomic E-state index is 1.00. The molecule has 9 heteroatoms. The summed E-state index contributed by atoms with van der Waals surface area (Å²) in [5.74, 6) is 0. The second-order valence-corrected chi connectivity index (χ2v) is 36.9. The van der Waals surface area contributed by atoms with Crippen molar-refractivity contribution in [3.8, 4) is 123 Å². The third-order valence-corrected chi connectivity index (χ3v) is 28.7. The molecular weight excluding hydrogens is 1750 g/mol. The Balaban J connectivity index is 0.000000108. The predicted octanol–water partition coefficient (Wildman–Crippen LogP) is 35.2. The zero-order valence-corrected chi connectivity index (χ0v) is 78.4. The first-order valence-electron chi connectivity index (χ1n) is 49.1. The second kappa shape index (κ2) is 35.6. The maximum absolute atomic E-state index is 4.88. The van der Waals surface area contributed by atoms with Crippen LogP contribution in [0.5, 0.6) is 0 Å². The number of aromatic nitrogens is 9. The minimum Gasteiger partial charge on any atom is -0.309 e. The second-order valence-electron chi connectivity index (χ2n) is 36.9. The highest BCUT2D eigenvalue weighted by molar-refractivity contribution is 6.19. The first-order valence-corrected chi connectivity index (χ1v) is 49.1. The van der Waals surface area contributed by atoms with Gasteiger partial charge in [0.2, 0.25) is 0 Å². The lowest BCUT2D eigenvalue weighted by Gasteiger charge is -2.14. The Morgan fingerprint density at radius 2 is 0.340 bits per heavy atom. The van der Waals surface area contributed by atoms with Crippen LogP contribution in [-0.4, -0.2) is 42.4 Å². The smallest absolute Gasteiger partial charge is 0.0963 e. The fourth-order valence-corrected chi connectivity index (χ4v) is 22.2. The summed E-state index contributed by atoms with van der Waals surface area (Å²) in [5.41, 5.74) is 42.8. The molecule has 20 aromatic carbocycles. The Morgan fingerprint density at radius 1 is 0.118 bits per heavy atom. The highest BCUT2D eigenvalue weighted by Crippen LogP contribution is 2.47. The molecule has 0 aliphatic rings. The lowest BCUT2D eigenvalue weighted by molar-refractivity contribution is 1.17. The summed E-state index contributed by atoms with van der Waals surface area (Å²) in [4.78, 5) is 14.6. The standard InChI is InChI=1S/2C47H31N3.C41H27N3/c1-3-12-32(13-4-1)34-23-26-37(27-24-34)50-43-21-8-7-18-40(43)41-20-10-19-39(47(41)50)36-25-28-42-45(31-36)49(44-22-11-29-48-46(42)44)38-17-9-16-35(30-38)33-14-5-2-6-15-33;1-3-11-32(12-4-1)34-20-25-37(26-21-34)49-44-19-10-30-48-46(44)42-29-24-36(31-45(42)49)39-16-9-17-41-40-15-7-8-18-43(40)50(47(39)41)38-27-22-35(23-28-38)33-13-5-2-6-14-33;1-3-12-28(13-4-1)29-14-9-17-32(26-29)43-38-22-11-25-42-40(38)36-24-23-30(27-39(36)43)33-19-10-20-35-34-18-7-8-21-37(34)44(41(33)35)31-15-5-2-6-16-31/h2*1-31H;1-27H. The average molecular weight is 1840 g/mol. The van der Waals surface area contributed by atoms with Gasteiger partial charge in [-0.3, -0.25) is 15.0 Å². The van der Waals surface area contributed by atoms with E-state index in [9.17, 15) is 0 Å². The van der Waals surface area contributed by atoms with Crippen molar-refractivity contribution in [2.45, 2.75) is 0 Å². The van der Waals surface area contributed by atoms with Gasteiger partial charge in [-0.05, 0) is 236 Å². The van der Waals surface area contributed by atoms with Gasteiger partial charge in [-0.15, -0.1) is 0 Å². The number of benzene rings is 20. The fraction of sp³-hybridized carbons (Fsp3) is 0. The van der Waals surface area contributed by atoms with E-state index in [1.807, 2.05) is 36.8 Å². The van der Waals surface area contributed by atoms with Gasteiger partial charge in [0.25, 0.3) is 0 Å². The SMILES string of the molecule is c1ccc(-c2ccc(-n3c4cc(-c5cccc6c7ccccc7n(-c7ccc(-c8ccccc8)cc7)c56)ccc4c4ncccc43)cc2)cc1.c1ccc(-c2ccc(-n3c4ccccc4c4cccc(-c5ccc6c7ncccc7n(-c7cccc(-c8ccccc8)c7)c6c5)c43)cc2)cc1.c1ccc(-c2cccc(-n3c4cc(-c5cccc6c7ccccc7n(-c7ccccc7)c56)ccc4c4ncccc43)c2)cc1. The third kappa shape index (κ3) is 14.5. The Labute approximate surface area is 831 Å². The van der Waals surface area contributed by atoms with E-state index in [-0.39, 0.29) is 0 Å². The van der Waals surface area contributed by atoms with E-state index in [0.29, 0.717) is 0 Å². The molecule has 0 radical (unpaired) electrons. The van der Waals surface area contributed by atoms with E-state index in [0.717, 1.165) is 111 Å². The van der Waals surface area contributed by atoms with Crippen LogP contribution in [0.3, 0.4) is 0 Å². The zero-order chi connectivity index (χ0) is 95.1. The van der Waals surface area contributed by atoms with Crippen molar-refractivity contribution in [3.63, 3.8) is 0 Å². The van der Waals surface area contributed by atoms with E-state index < -0.39 is 0 Å². The van der Waals surface area contributed by atoms with Gasteiger partial charge in [-0.25, -0.2) is 0 Å². The molecule has 0 fully saturated rings. The van der Waals surface area contributed by atoms with Gasteiger partial charge in [0, 0.05) is 118 Å². The van der Waals surface area contributed by atoms with Crippen LogP contribution in [0.1, 0.15) is 0 Å². The lowest BCUT2D eigenvalue weighted by atomic mass is 10.0. The molecule has 0 bridgehead atoms. The molecule has 0 N–H and O–H groups in total. The summed E-state index contributed by atoms with van der Waals surface area (Å²) in [6.45, 7) is 0. The van der Waals surface area contributed by atoms with Crippen LogP contribution in [0.15, 0.2) is 540 Å². The number of hydrogen-bond donors (Lipinski definition) is 0. The highest BCUT2D eigenvalue weighted by Gasteiger charge is 2.26. The van der Waals surface area contributed by atoms with E-state index in [4.69, 9.17) is 15.0 Å². The number of para-hydroxylation sites is 7. The summed E-state index contributed by atoms with van der Waals surface area (Å²) >= 11 is 0. The molecule has 0 atom stereocenters. The molecule has 0 unspecified atom stereocenters. The van der Waals surface area contributed by atoms with Gasteiger partial charge in [-0.2, -0.15) is 0 Å². The van der Waals surface area contributed by atoms with Crippen LogP contribution in [0.4, 0.5) is 0 Å². The number of fused-ring (bicyclic) bond motifs is 18. The lowest BCUT2D eigenvalue weighted by Crippen LogP contribution is -1.96. The van der Waals surface area contributed by atoms with E-state index >= 15 is 0 Å². The molecule has 0 amide bonds. The number of pyridine rings is 3. The summed E-state index contributed by atoms with van der Waals surface area (Å²) < 4.78 is 14.3. The number of hydrogen-bond acceptors (Lipinski definition) is 3. The highest BCUT2D eigenvalue weighted by atomic mass is 15.0. The Hall–Kier alpha value is -19.4. The monoisotopic (exact) mass is 1840 g/mol. The van der Waals surface area contributed by atoms with Gasteiger partial charge in [0.15, 0.2) is 0 Å². The molecular formula is C135H89N9. The molecule has 29 rings (SSSR count). The molecule has 0 aliphatic carbocycles. The molecule has 29 aromatic rings. The molecule has 0 aliphatic heterocycles. The van der Waals surface area contributed by atoms with E-state index in [1.165, 1.54) is 143 Å². The van der Waals surface area contributed by atoms with Crippen molar-refractivity contribution in [3.05, 3.63) is 540 Å². The Bertz CT molecular complexity index is 9970. The van der Waals surface area contributed by atoms with Crippen molar-refractivity contribution in [1.29, 1.82) is 0 Å². The van der Waals surface area contributed by atoms with E-state index in [2.05, 4.69) is 531 Å². The molecule has 0 saturated heterocycles. The topological polar surface area (TPSA) is 68.2 Å². The number of nitrogens with zero attached hydrogens (tertiary/aromatic N) is 9. The van der Waals surface area contributed by atoms with Crippen LogP contribution in [0, 0.1) is 0 Å². The maximum Gasteiger partial charge on any atom is 0.0963 e. The van der Waals surface area contributed by atoms with Crippen molar-refractivity contribution in [2.75, 3.05) is 0 Å². The molecule has 144 heavy (non-hydrogen) atoms. The Kier molecular flexibility index (Phi) is 20.7. The van der Waals surface area contributed by atoms with Crippen molar-refractivity contribution in [2.24, 2.45) is 0 Å². The zero-order valence-electron chi connectivity index (χ0n) is 78.4. The Morgan fingerprint density at radius 3 is 0.660 bits per heavy atom. The molecule has 9 nitrogen and oxygen atoms in total. The van der Waals surface area contributed by atoms with Gasteiger partial charge in [-0.1, -0.05) is 358 Å². The van der Waals surface area contributed by atoms with Crippen LogP contribution in [0.25, 0.3) is 254 Å². The molecule has 674 valence electrons. The first-order chi connectivity index (χ1) is 71.5. The maximum atomic E-state index is 4.88. The predicted molar refractivity (Wildman–Crippen MR) is 602 cm³/mol. The van der Waals surface area contributed by atoms with Crippen molar-refractivity contribution in [1.82, 2.24) is 42.4 Å². The van der Waals surface area contributed by atoms with Crippen LogP contribution < -0.4 is 0 Å². The summed E-state index contributed by atoms with van der Waals surface area (Å²) in [6, 6.07) is 187. The summed E-state index contributed by atoms with van der Waals surface area (Å²) in [6.07, 6.45) is 5.67. The molecule has 0 spiro atoms. The largest absolute Gasteiger partial charge is 0.309 e. The van der Waals surface area contributed by atoms with Crippen LogP contribution >= 0.6 is 0 Å². The quantitative estimate of drug-likeness (QED) is 0.109. The van der Waals surface area contributed by atoms with Crippen molar-refractivity contribution >= 4 is 131 Å². The van der Waals surface area contributed by atoms with Crippen molar-refractivity contribution < 1.29 is 0 Å². The molecule has 0 saturated carbocycles. The van der Waals surface area contributed by atoms with Crippen LogP contribution in [0.2, 0.25) is 0 Å². The number of rotatable bonds is 14. The molecule has 9 heterocycles. The van der Waals surface area contributed by atoms with Gasteiger partial charge in [0.1, 0.15) is 0 Å².